The molecule has 0 spiro atoms. The van der Waals surface area contributed by atoms with E-state index in [2.05, 4.69) is 15.9 Å². The predicted octanol–water partition coefficient (Wildman–Crippen LogP) is 1.92. The third-order valence-electron chi connectivity index (χ3n) is 2.25. The van der Waals surface area contributed by atoms with Crippen LogP contribution < -0.4 is 0 Å². The van der Waals surface area contributed by atoms with E-state index >= 15 is 0 Å². The Kier molecular flexibility index (Phi) is 5.13. The van der Waals surface area contributed by atoms with Crippen LogP contribution in [0.2, 0.25) is 0 Å². The number of aliphatic hydroxyl groups excluding tert-OH is 1. The Morgan fingerprint density at radius 1 is 1.59 bits per heavy atom. The molecule has 0 aliphatic rings. The number of hydrogen-bond acceptors (Lipinski definition) is 4. The van der Waals surface area contributed by atoms with Gasteiger partial charge < -0.3 is 9.84 Å². The highest BCUT2D eigenvalue weighted by Gasteiger charge is 2.15. The second-order valence-electron chi connectivity index (χ2n) is 3.31. The van der Waals surface area contributed by atoms with E-state index in [4.69, 9.17) is 15.1 Å². The summed E-state index contributed by atoms with van der Waals surface area (Å²) in [6.07, 6.45) is 0.0190. The SMILES string of the molecule is CCOC(=O)Cc1c(Br)ccc(CO)c1C#N. The minimum atomic E-state index is -0.389. The van der Waals surface area contributed by atoms with Crippen LogP contribution in [0.1, 0.15) is 23.6 Å². The lowest BCUT2D eigenvalue weighted by atomic mass is 10.00. The Bertz CT molecular complexity index is 466. The average molecular weight is 298 g/mol. The summed E-state index contributed by atoms with van der Waals surface area (Å²) in [5.41, 5.74) is 1.39. The molecule has 4 nitrogen and oxygen atoms in total. The fourth-order valence-corrected chi connectivity index (χ4v) is 1.94. The Morgan fingerprint density at radius 2 is 2.29 bits per heavy atom. The van der Waals surface area contributed by atoms with Crippen molar-refractivity contribution < 1.29 is 14.6 Å². The number of nitrogens with zero attached hydrogens (tertiary/aromatic N) is 1. The Labute approximate surface area is 108 Å². The highest BCUT2D eigenvalue weighted by molar-refractivity contribution is 9.10. The molecule has 1 rings (SSSR count). The molecule has 0 heterocycles. The van der Waals surface area contributed by atoms with Crippen molar-refractivity contribution in [3.05, 3.63) is 33.3 Å². The number of nitriles is 1. The van der Waals surface area contributed by atoms with Crippen LogP contribution in [0, 0.1) is 11.3 Å². The van der Waals surface area contributed by atoms with Gasteiger partial charge in [0.05, 0.1) is 31.3 Å². The second kappa shape index (κ2) is 6.38. The summed E-state index contributed by atoms with van der Waals surface area (Å²) < 4.78 is 5.51. The second-order valence-corrected chi connectivity index (χ2v) is 4.17. The predicted molar refractivity (Wildman–Crippen MR) is 65.1 cm³/mol. The minimum Gasteiger partial charge on any atom is -0.466 e. The standard InChI is InChI=1S/C12H12BrNO3/c1-2-17-12(16)5-9-10(6-14)8(7-15)3-4-11(9)13/h3-4,15H,2,5,7H2,1H3. The molecule has 0 aromatic heterocycles. The molecule has 1 aromatic rings. The lowest BCUT2D eigenvalue weighted by Gasteiger charge is -2.09. The molecule has 0 bridgehead atoms. The van der Waals surface area contributed by atoms with E-state index in [9.17, 15) is 4.79 Å². The fourth-order valence-electron chi connectivity index (χ4n) is 1.47. The van der Waals surface area contributed by atoms with Gasteiger partial charge in [0.2, 0.25) is 0 Å². The highest BCUT2D eigenvalue weighted by atomic mass is 79.9. The lowest BCUT2D eigenvalue weighted by molar-refractivity contribution is -0.142. The van der Waals surface area contributed by atoms with Crippen molar-refractivity contribution >= 4 is 21.9 Å². The van der Waals surface area contributed by atoms with E-state index in [0.29, 0.717) is 27.8 Å². The zero-order valence-corrected chi connectivity index (χ0v) is 11.0. The normalized spacial score (nSPS) is 9.76. The number of halogens is 1. The first-order valence-corrected chi connectivity index (χ1v) is 5.90. The topological polar surface area (TPSA) is 70.3 Å². The summed E-state index contributed by atoms with van der Waals surface area (Å²) in [4.78, 5) is 11.4. The van der Waals surface area contributed by atoms with Gasteiger partial charge in [-0.05, 0) is 24.1 Å². The van der Waals surface area contributed by atoms with Gasteiger partial charge in [-0.2, -0.15) is 5.26 Å². The third-order valence-corrected chi connectivity index (χ3v) is 2.99. The molecule has 1 aromatic carbocycles. The first kappa shape index (κ1) is 13.7. The van der Waals surface area contributed by atoms with Crippen LogP contribution in [0.25, 0.3) is 0 Å². The largest absolute Gasteiger partial charge is 0.466 e. The molecule has 0 fully saturated rings. The summed E-state index contributed by atoms with van der Waals surface area (Å²) in [5, 5.41) is 18.2. The maximum Gasteiger partial charge on any atom is 0.310 e. The molecular formula is C12H12BrNO3. The van der Waals surface area contributed by atoms with Crippen molar-refractivity contribution in [3.8, 4) is 6.07 Å². The number of esters is 1. The number of benzene rings is 1. The lowest BCUT2D eigenvalue weighted by Crippen LogP contribution is -2.10. The van der Waals surface area contributed by atoms with Gasteiger partial charge in [0, 0.05) is 4.47 Å². The van der Waals surface area contributed by atoms with Gasteiger partial charge >= 0.3 is 5.97 Å². The van der Waals surface area contributed by atoms with Crippen LogP contribution in [-0.4, -0.2) is 17.7 Å². The fraction of sp³-hybridized carbons (Fsp3) is 0.333. The van der Waals surface area contributed by atoms with Crippen LogP contribution in [-0.2, 0) is 22.6 Å². The summed E-state index contributed by atoms with van der Waals surface area (Å²) in [7, 11) is 0. The van der Waals surface area contributed by atoms with E-state index < -0.39 is 0 Å². The van der Waals surface area contributed by atoms with Gasteiger partial charge in [0.25, 0.3) is 0 Å². The van der Waals surface area contributed by atoms with Crippen LogP contribution in [0.15, 0.2) is 16.6 Å². The van der Waals surface area contributed by atoms with Crippen molar-refractivity contribution in [2.24, 2.45) is 0 Å². The Balaban J connectivity index is 3.13. The van der Waals surface area contributed by atoms with Gasteiger partial charge in [0.1, 0.15) is 0 Å². The highest BCUT2D eigenvalue weighted by Crippen LogP contribution is 2.24. The van der Waals surface area contributed by atoms with Gasteiger partial charge in [-0.1, -0.05) is 22.0 Å². The van der Waals surface area contributed by atoms with Crippen LogP contribution in [0.5, 0.6) is 0 Å². The van der Waals surface area contributed by atoms with Gasteiger partial charge in [-0.25, -0.2) is 0 Å². The number of aliphatic hydroxyl groups is 1. The zero-order valence-electron chi connectivity index (χ0n) is 9.36. The van der Waals surface area contributed by atoms with E-state index in [-0.39, 0.29) is 19.0 Å². The molecule has 0 saturated heterocycles. The van der Waals surface area contributed by atoms with Crippen molar-refractivity contribution in [2.75, 3.05) is 6.61 Å². The Morgan fingerprint density at radius 3 is 2.82 bits per heavy atom. The molecule has 1 N–H and O–H groups in total. The van der Waals surface area contributed by atoms with Crippen molar-refractivity contribution in [3.63, 3.8) is 0 Å². The molecule has 0 saturated carbocycles. The summed E-state index contributed by atoms with van der Waals surface area (Å²) in [6, 6.07) is 5.36. The average Bonchev–Trinajstić information content (AvgIpc) is 2.31. The first-order valence-electron chi connectivity index (χ1n) is 5.10. The van der Waals surface area contributed by atoms with E-state index in [1.54, 1.807) is 19.1 Å². The first-order chi connectivity index (χ1) is 8.13. The van der Waals surface area contributed by atoms with Crippen LogP contribution in [0.3, 0.4) is 0 Å². The maximum absolute atomic E-state index is 11.4. The third kappa shape index (κ3) is 3.29. The quantitative estimate of drug-likeness (QED) is 0.862. The molecule has 0 atom stereocenters. The zero-order chi connectivity index (χ0) is 12.8. The van der Waals surface area contributed by atoms with Gasteiger partial charge in [-0.3, -0.25) is 4.79 Å². The van der Waals surface area contributed by atoms with Gasteiger partial charge in [-0.15, -0.1) is 0 Å². The monoisotopic (exact) mass is 297 g/mol. The van der Waals surface area contributed by atoms with Crippen molar-refractivity contribution in [1.29, 1.82) is 5.26 Å². The smallest absolute Gasteiger partial charge is 0.310 e. The molecule has 90 valence electrons. The van der Waals surface area contributed by atoms with E-state index in [1.165, 1.54) is 0 Å². The number of carbonyl (C=O) groups excluding carboxylic acids is 1. The van der Waals surface area contributed by atoms with Crippen molar-refractivity contribution in [2.45, 2.75) is 20.0 Å². The van der Waals surface area contributed by atoms with E-state index in [0.717, 1.165) is 0 Å². The molecule has 0 unspecified atom stereocenters. The molecule has 0 aliphatic heterocycles. The number of carbonyl (C=O) groups is 1. The number of ether oxygens (including phenoxy) is 1. The van der Waals surface area contributed by atoms with E-state index in [1.807, 2.05) is 6.07 Å². The minimum absolute atomic E-state index is 0.0190. The molecule has 17 heavy (non-hydrogen) atoms. The number of rotatable bonds is 4. The summed E-state index contributed by atoms with van der Waals surface area (Å²) in [5.74, 6) is -0.389. The summed E-state index contributed by atoms with van der Waals surface area (Å²) in [6.45, 7) is 1.80. The molecule has 0 aliphatic carbocycles. The summed E-state index contributed by atoms with van der Waals surface area (Å²) >= 11 is 3.29. The molecule has 0 radical (unpaired) electrons. The maximum atomic E-state index is 11.4. The van der Waals surface area contributed by atoms with Crippen molar-refractivity contribution in [1.82, 2.24) is 0 Å². The van der Waals surface area contributed by atoms with Gasteiger partial charge in [0.15, 0.2) is 0 Å². The van der Waals surface area contributed by atoms with Crippen LogP contribution >= 0.6 is 15.9 Å². The molecule has 0 amide bonds. The Hall–Kier alpha value is -1.38. The molecule has 5 heteroatoms. The van der Waals surface area contributed by atoms with Crippen LogP contribution in [0.4, 0.5) is 0 Å². The number of hydrogen-bond donors (Lipinski definition) is 1. The molecular weight excluding hydrogens is 286 g/mol.